The molecule has 0 saturated carbocycles. The second kappa shape index (κ2) is 8.52. The third kappa shape index (κ3) is 11.5. The van der Waals surface area contributed by atoms with E-state index in [1.165, 1.54) is 0 Å². The number of carbonyl (C=O) groups excluding carboxylic acids is 1. The van der Waals surface area contributed by atoms with Crippen molar-refractivity contribution in [2.24, 2.45) is 0 Å². The summed E-state index contributed by atoms with van der Waals surface area (Å²) in [4.78, 5) is 11.1. The molecule has 0 atom stereocenters. The van der Waals surface area contributed by atoms with Crippen molar-refractivity contribution in [3.63, 3.8) is 0 Å². The van der Waals surface area contributed by atoms with E-state index in [1.54, 1.807) is 0 Å². The summed E-state index contributed by atoms with van der Waals surface area (Å²) in [6.45, 7) is 2.14. The summed E-state index contributed by atoms with van der Waals surface area (Å²) in [6.07, 6.45) is 4.56. The summed E-state index contributed by atoms with van der Waals surface area (Å²) >= 11 is 0. The van der Waals surface area contributed by atoms with Gasteiger partial charge in [0.2, 0.25) is 0 Å². The average Bonchev–Trinajstić information content (AvgIpc) is 2.18. The van der Waals surface area contributed by atoms with Gasteiger partial charge in [-0.1, -0.05) is 26.2 Å². The van der Waals surface area contributed by atoms with E-state index >= 15 is 0 Å². The number of hydrogen-bond donors (Lipinski definition) is 1. The molecule has 0 heterocycles. The third-order valence-corrected chi connectivity index (χ3v) is 2.85. The summed E-state index contributed by atoms with van der Waals surface area (Å²) < 4.78 is 33.9. The van der Waals surface area contributed by atoms with Crippen LogP contribution < -0.4 is 0 Å². The van der Waals surface area contributed by atoms with Crippen molar-refractivity contribution in [1.29, 1.82) is 0 Å². The minimum Gasteiger partial charge on any atom is -0.466 e. The standard InChI is InChI=1S/C10H20O5S/c1-2-3-4-5-7-10(11)15-8-6-9-16(12,13)14/h2-9H2,1H3,(H,12,13,14). The molecule has 0 aliphatic heterocycles. The van der Waals surface area contributed by atoms with Crippen molar-refractivity contribution in [2.75, 3.05) is 12.4 Å². The topological polar surface area (TPSA) is 80.7 Å². The lowest BCUT2D eigenvalue weighted by atomic mass is 10.2. The number of ether oxygens (including phenoxy) is 1. The lowest BCUT2D eigenvalue weighted by Crippen LogP contribution is -2.10. The van der Waals surface area contributed by atoms with Crippen LogP contribution in [0.3, 0.4) is 0 Å². The Labute approximate surface area is 96.9 Å². The van der Waals surface area contributed by atoms with Gasteiger partial charge >= 0.3 is 5.97 Å². The van der Waals surface area contributed by atoms with Crippen LogP contribution in [0.5, 0.6) is 0 Å². The van der Waals surface area contributed by atoms with Crippen LogP contribution >= 0.6 is 0 Å². The fourth-order valence-corrected chi connectivity index (χ4v) is 1.68. The highest BCUT2D eigenvalue weighted by Crippen LogP contribution is 2.03. The van der Waals surface area contributed by atoms with E-state index < -0.39 is 10.1 Å². The van der Waals surface area contributed by atoms with E-state index in [0.29, 0.717) is 6.42 Å². The zero-order valence-corrected chi connectivity index (χ0v) is 10.5. The Hall–Kier alpha value is -0.620. The Morgan fingerprint density at radius 3 is 2.44 bits per heavy atom. The SMILES string of the molecule is CCCCCCC(=O)OCCCS(=O)(=O)O. The first-order valence-corrected chi connectivity index (χ1v) is 7.17. The van der Waals surface area contributed by atoms with Crippen LogP contribution in [-0.2, 0) is 19.6 Å². The third-order valence-electron chi connectivity index (χ3n) is 2.04. The predicted octanol–water partition coefficient (Wildman–Crippen LogP) is 1.78. The molecule has 0 bridgehead atoms. The molecule has 0 fully saturated rings. The monoisotopic (exact) mass is 252 g/mol. The molecule has 5 nitrogen and oxygen atoms in total. The number of unbranched alkanes of at least 4 members (excludes halogenated alkanes) is 3. The van der Waals surface area contributed by atoms with Crippen molar-refractivity contribution in [1.82, 2.24) is 0 Å². The smallest absolute Gasteiger partial charge is 0.305 e. The molecule has 1 N–H and O–H groups in total. The minimum absolute atomic E-state index is 0.0480. The van der Waals surface area contributed by atoms with Crippen LogP contribution in [0.2, 0.25) is 0 Å². The highest BCUT2D eigenvalue weighted by Gasteiger charge is 2.06. The van der Waals surface area contributed by atoms with Crippen LogP contribution in [-0.4, -0.2) is 31.3 Å². The quantitative estimate of drug-likeness (QED) is 0.384. The molecule has 96 valence electrons. The Kier molecular flexibility index (Phi) is 8.19. The maximum Gasteiger partial charge on any atom is 0.305 e. The minimum atomic E-state index is -3.94. The van der Waals surface area contributed by atoms with Gasteiger partial charge in [0, 0.05) is 6.42 Å². The van der Waals surface area contributed by atoms with E-state index in [2.05, 4.69) is 6.92 Å². The first-order valence-electron chi connectivity index (χ1n) is 5.56. The maximum atomic E-state index is 11.1. The molecule has 16 heavy (non-hydrogen) atoms. The van der Waals surface area contributed by atoms with E-state index in [1.807, 2.05) is 0 Å². The molecule has 0 aromatic carbocycles. The van der Waals surface area contributed by atoms with Crippen molar-refractivity contribution < 1.29 is 22.5 Å². The van der Waals surface area contributed by atoms with E-state index in [4.69, 9.17) is 9.29 Å². The van der Waals surface area contributed by atoms with Crippen LogP contribution in [0.15, 0.2) is 0 Å². The summed E-state index contributed by atoms with van der Waals surface area (Å²) in [7, 11) is -3.94. The first kappa shape index (κ1) is 15.4. The molecule has 0 radical (unpaired) electrons. The van der Waals surface area contributed by atoms with Gasteiger partial charge in [-0.25, -0.2) is 0 Å². The predicted molar refractivity (Wildman–Crippen MR) is 60.8 cm³/mol. The zero-order chi connectivity index (χ0) is 12.4. The second-order valence-corrected chi connectivity index (χ2v) is 5.24. The molecule has 0 spiro atoms. The van der Waals surface area contributed by atoms with Gasteiger partial charge in [-0.2, -0.15) is 8.42 Å². The maximum absolute atomic E-state index is 11.1. The van der Waals surface area contributed by atoms with Crippen molar-refractivity contribution in [3.8, 4) is 0 Å². The van der Waals surface area contributed by atoms with E-state index in [9.17, 15) is 13.2 Å². The molecule has 0 unspecified atom stereocenters. The molecule has 0 rings (SSSR count). The zero-order valence-electron chi connectivity index (χ0n) is 9.65. The number of carbonyl (C=O) groups is 1. The van der Waals surface area contributed by atoms with Crippen molar-refractivity contribution in [3.05, 3.63) is 0 Å². The summed E-state index contributed by atoms with van der Waals surface area (Å²) in [5, 5.41) is 0. The van der Waals surface area contributed by atoms with Crippen molar-refractivity contribution in [2.45, 2.75) is 45.4 Å². The number of hydrogen-bond acceptors (Lipinski definition) is 4. The lowest BCUT2D eigenvalue weighted by Gasteiger charge is -2.03. The molecule has 0 amide bonds. The summed E-state index contributed by atoms with van der Waals surface area (Å²) in [5.41, 5.74) is 0. The van der Waals surface area contributed by atoms with Gasteiger partial charge < -0.3 is 4.74 Å². The molecule has 0 aromatic rings. The molecular formula is C10H20O5S. The van der Waals surface area contributed by atoms with Crippen LogP contribution in [0.1, 0.15) is 45.4 Å². The second-order valence-electron chi connectivity index (χ2n) is 3.67. The Morgan fingerprint density at radius 1 is 1.19 bits per heavy atom. The van der Waals surface area contributed by atoms with Gasteiger partial charge in [-0.3, -0.25) is 9.35 Å². The fraction of sp³-hybridized carbons (Fsp3) is 0.900. The first-order chi connectivity index (χ1) is 7.45. The molecule has 0 aromatic heterocycles. The Bertz CT molecular complexity index is 284. The van der Waals surface area contributed by atoms with E-state index in [-0.39, 0.29) is 24.7 Å². The lowest BCUT2D eigenvalue weighted by molar-refractivity contribution is -0.143. The van der Waals surface area contributed by atoms with Crippen LogP contribution in [0.25, 0.3) is 0 Å². The molecular weight excluding hydrogens is 232 g/mol. The molecule has 6 heteroatoms. The normalized spacial score (nSPS) is 11.4. The number of rotatable bonds is 9. The van der Waals surface area contributed by atoms with Gasteiger partial charge in [0.1, 0.15) is 0 Å². The van der Waals surface area contributed by atoms with Crippen LogP contribution in [0, 0.1) is 0 Å². The summed E-state index contributed by atoms with van der Waals surface area (Å²) in [6, 6.07) is 0. The highest BCUT2D eigenvalue weighted by atomic mass is 32.2. The van der Waals surface area contributed by atoms with Gasteiger partial charge in [-0.15, -0.1) is 0 Å². The van der Waals surface area contributed by atoms with Crippen LogP contribution in [0.4, 0.5) is 0 Å². The van der Waals surface area contributed by atoms with E-state index in [0.717, 1.165) is 25.7 Å². The molecule has 0 saturated heterocycles. The summed E-state index contributed by atoms with van der Waals surface area (Å²) in [5.74, 6) is -0.665. The van der Waals surface area contributed by atoms with Gasteiger partial charge in [0.05, 0.1) is 12.4 Å². The Morgan fingerprint density at radius 2 is 1.88 bits per heavy atom. The van der Waals surface area contributed by atoms with Crippen molar-refractivity contribution >= 4 is 16.1 Å². The fourth-order valence-electron chi connectivity index (χ4n) is 1.20. The van der Waals surface area contributed by atoms with Gasteiger partial charge in [0.25, 0.3) is 10.1 Å². The average molecular weight is 252 g/mol. The molecule has 0 aliphatic rings. The van der Waals surface area contributed by atoms with Gasteiger partial charge in [-0.05, 0) is 12.8 Å². The largest absolute Gasteiger partial charge is 0.466 e. The number of esters is 1. The Balaban J connectivity index is 3.37. The molecule has 0 aliphatic carbocycles. The van der Waals surface area contributed by atoms with Gasteiger partial charge in [0.15, 0.2) is 0 Å². The highest BCUT2D eigenvalue weighted by molar-refractivity contribution is 7.85.